The zero-order valence-corrected chi connectivity index (χ0v) is 14.0. The molecule has 0 aromatic carbocycles. The first-order valence-corrected chi connectivity index (χ1v) is 9.19. The molecule has 0 saturated carbocycles. The number of fused-ring (bicyclic) bond motifs is 1. The van der Waals surface area contributed by atoms with Gasteiger partial charge in [0.1, 0.15) is 0 Å². The lowest BCUT2D eigenvalue weighted by atomic mass is 9.91. The van der Waals surface area contributed by atoms with Gasteiger partial charge in [-0.05, 0) is 25.8 Å². The highest BCUT2D eigenvalue weighted by Gasteiger charge is 2.41. The lowest BCUT2D eigenvalue weighted by Gasteiger charge is -2.50. The van der Waals surface area contributed by atoms with Gasteiger partial charge in [-0.2, -0.15) is 4.31 Å². The topological polar surface area (TPSA) is 67.7 Å². The Morgan fingerprint density at radius 3 is 2.82 bits per heavy atom. The Balaban J connectivity index is 1.74. The summed E-state index contributed by atoms with van der Waals surface area (Å²) in [5, 5.41) is 0.148. The van der Waals surface area contributed by atoms with Crippen molar-refractivity contribution in [3.63, 3.8) is 0 Å². The fourth-order valence-corrected chi connectivity index (χ4v) is 4.91. The summed E-state index contributed by atoms with van der Waals surface area (Å²) >= 11 is 0. The standard InChI is InChI=1S/C14H24N4O3S/c1-16-9-14(15-11-16)22(19,20)17-5-3-4-6-18-12(8-17)7-13(18)10-21-2/h9,11-13H,3-8,10H2,1-2H3/t12-,13+/m1/s1. The molecule has 0 spiro atoms. The third-order valence-electron chi connectivity index (χ3n) is 4.61. The van der Waals surface area contributed by atoms with E-state index in [0.717, 1.165) is 32.4 Å². The Kier molecular flexibility index (Phi) is 4.54. The second kappa shape index (κ2) is 6.27. The van der Waals surface area contributed by atoms with Crippen LogP contribution in [0, 0.1) is 0 Å². The van der Waals surface area contributed by atoms with E-state index in [2.05, 4.69) is 9.88 Å². The zero-order chi connectivity index (χ0) is 15.7. The van der Waals surface area contributed by atoms with Crippen LogP contribution in [0.25, 0.3) is 0 Å². The molecule has 3 rings (SSSR count). The highest BCUT2D eigenvalue weighted by atomic mass is 32.2. The van der Waals surface area contributed by atoms with Crippen LogP contribution in [0.3, 0.4) is 0 Å². The van der Waals surface area contributed by atoms with Crippen LogP contribution in [-0.2, 0) is 21.8 Å². The first-order chi connectivity index (χ1) is 10.5. The molecule has 0 bridgehead atoms. The van der Waals surface area contributed by atoms with Crippen molar-refractivity contribution in [2.75, 3.05) is 33.4 Å². The summed E-state index contributed by atoms with van der Waals surface area (Å²) in [4.78, 5) is 6.42. The molecule has 124 valence electrons. The molecular weight excluding hydrogens is 304 g/mol. The number of methoxy groups -OCH3 is 1. The Morgan fingerprint density at radius 1 is 1.36 bits per heavy atom. The molecule has 2 aliphatic heterocycles. The molecule has 1 aromatic rings. The Bertz CT molecular complexity index is 615. The fraction of sp³-hybridized carbons (Fsp3) is 0.786. The van der Waals surface area contributed by atoms with Crippen molar-refractivity contribution in [1.82, 2.24) is 18.8 Å². The Morgan fingerprint density at radius 2 is 2.14 bits per heavy atom. The number of sulfonamides is 1. The minimum Gasteiger partial charge on any atom is -0.383 e. The minimum absolute atomic E-state index is 0.148. The van der Waals surface area contributed by atoms with Crippen LogP contribution < -0.4 is 0 Å². The first-order valence-electron chi connectivity index (χ1n) is 7.75. The van der Waals surface area contributed by atoms with E-state index in [0.29, 0.717) is 25.2 Å². The largest absolute Gasteiger partial charge is 0.383 e. The van der Waals surface area contributed by atoms with E-state index in [1.165, 1.54) is 6.33 Å². The summed E-state index contributed by atoms with van der Waals surface area (Å²) in [5.41, 5.74) is 0. The van der Waals surface area contributed by atoms with E-state index >= 15 is 0 Å². The molecule has 8 heteroatoms. The number of hydrogen-bond donors (Lipinski definition) is 0. The zero-order valence-electron chi connectivity index (χ0n) is 13.2. The molecule has 7 nitrogen and oxygen atoms in total. The third kappa shape index (κ3) is 2.92. The molecule has 1 aromatic heterocycles. The van der Waals surface area contributed by atoms with Gasteiger partial charge in [-0.1, -0.05) is 0 Å². The van der Waals surface area contributed by atoms with Crippen LogP contribution in [-0.4, -0.2) is 72.6 Å². The average molecular weight is 328 g/mol. The van der Waals surface area contributed by atoms with E-state index in [4.69, 9.17) is 4.74 Å². The van der Waals surface area contributed by atoms with Crippen molar-refractivity contribution in [2.45, 2.75) is 36.4 Å². The number of ether oxygens (including phenoxy) is 1. The number of aromatic nitrogens is 2. The minimum atomic E-state index is -3.49. The fourth-order valence-electron chi connectivity index (χ4n) is 3.43. The number of aryl methyl sites for hydroxylation is 1. The SMILES string of the molecule is COC[C@@H]1C[C@@H]2CN(S(=O)(=O)c3cn(C)cn3)CCCCN12. The van der Waals surface area contributed by atoms with Crippen molar-refractivity contribution >= 4 is 10.0 Å². The summed E-state index contributed by atoms with van der Waals surface area (Å²) in [6, 6.07) is 0.742. The molecule has 0 amide bonds. The number of imidazole rings is 1. The van der Waals surface area contributed by atoms with Crippen molar-refractivity contribution in [1.29, 1.82) is 0 Å². The van der Waals surface area contributed by atoms with Crippen molar-refractivity contribution in [3.05, 3.63) is 12.5 Å². The molecule has 2 aliphatic rings. The van der Waals surface area contributed by atoms with E-state index in [1.807, 2.05) is 0 Å². The highest BCUT2D eigenvalue weighted by molar-refractivity contribution is 7.89. The monoisotopic (exact) mass is 328 g/mol. The second-order valence-electron chi connectivity index (χ2n) is 6.18. The van der Waals surface area contributed by atoms with E-state index in [9.17, 15) is 8.42 Å². The average Bonchev–Trinajstić information content (AvgIpc) is 2.88. The number of hydrogen-bond acceptors (Lipinski definition) is 5. The normalized spacial score (nSPS) is 27.7. The summed E-state index contributed by atoms with van der Waals surface area (Å²) < 4.78 is 34.0. The maximum Gasteiger partial charge on any atom is 0.262 e. The van der Waals surface area contributed by atoms with E-state index in [-0.39, 0.29) is 5.03 Å². The molecule has 0 unspecified atom stereocenters. The Hall–Kier alpha value is -0.960. The van der Waals surface area contributed by atoms with Gasteiger partial charge in [0.15, 0.2) is 5.03 Å². The van der Waals surface area contributed by atoms with E-state index < -0.39 is 10.0 Å². The highest BCUT2D eigenvalue weighted by Crippen LogP contribution is 2.30. The maximum atomic E-state index is 12.8. The summed E-state index contributed by atoms with van der Waals surface area (Å²) in [5.74, 6) is 0. The molecule has 3 heterocycles. The lowest BCUT2D eigenvalue weighted by molar-refractivity contribution is -0.0402. The summed E-state index contributed by atoms with van der Waals surface area (Å²) in [6.45, 7) is 2.90. The van der Waals surface area contributed by atoms with Crippen LogP contribution in [0.15, 0.2) is 17.6 Å². The number of nitrogens with zero attached hydrogens (tertiary/aromatic N) is 4. The predicted octanol–water partition coefficient (Wildman–Crippen LogP) is 0.294. The molecule has 2 atom stereocenters. The van der Waals surface area contributed by atoms with Gasteiger partial charge in [0.05, 0.1) is 12.9 Å². The molecule has 0 radical (unpaired) electrons. The second-order valence-corrected chi connectivity index (χ2v) is 8.07. The van der Waals surface area contributed by atoms with Gasteiger partial charge in [-0.15, -0.1) is 0 Å². The van der Waals surface area contributed by atoms with Crippen LogP contribution in [0.1, 0.15) is 19.3 Å². The van der Waals surface area contributed by atoms with Crippen LogP contribution in [0.2, 0.25) is 0 Å². The molecule has 0 N–H and O–H groups in total. The summed E-state index contributed by atoms with van der Waals surface area (Å²) in [6.07, 6.45) is 6.00. The van der Waals surface area contributed by atoms with Crippen molar-refractivity contribution in [2.24, 2.45) is 7.05 Å². The van der Waals surface area contributed by atoms with Gasteiger partial charge in [-0.25, -0.2) is 13.4 Å². The van der Waals surface area contributed by atoms with Gasteiger partial charge in [-0.3, -0.25) is 4.90 Å². The molecule has 0 aliphatic carbocycles. The van der Waals surface area contributed by atoms with Crippen molar-refractivity contribution in [3.8, 4) is 0 Å². The number of rotatable bonds is 4. The van der Waals surface area contributed by atoms with Crippen molar-refractivity contribution < 1.29 is 13.2 Å². The van der Waals surface area contributed by atoms with Gasteiger partial charge < -0.3 is 9.30 Å². The van der Waals surface area contributed by atoms with Crippen LogP contribution in [0.4, 0.5) is 0 Å². The van der Waals surface area contributed by atoms with Gasteiger partial charge in [0, 0.05) is 45.5 Å². The van der Waals surface area contributed by atoms with E-state index in [1.54, 1.807) is 29.2 Å². The predicted molar refractivity (Wildman–Crippen MR) is 82.0 cm³/mol. The Labute approximate surface area is 131 Å². The van der Waals surface area contributed by atoms with Crippen LogP contribution >= 0.6 is 0 Å². The lowest BCUT2D eigenvalue weighted by Crippen LogP contribution is -2.62. The van der Waals surface area contributed by atoms with Gasteiger partial charge >= 0.3 is 0 Å². The molecule has 22 heavy (non-hydrogen) atoms. The molecule has 2 fully saturated rings. The summed E-state index contributed by atoms with van der Waals surface area (Å²) in [7, 11) is 0.00823. The first kappa shape index (κ1) is 15.9. The molecule has 2 saturated heterocycles. The molecular formula is C14H24N4O3S. The third-order valence-corrected chi connectivity index (χ3v) is 6.37. The van der Waals surface area contributed by atoms with Crippen LogP contribution in [0.5, 0.6) is 0 Å². The smallest absolute Gasteiger partial charge is 0.262 e. The van der Waals surface area contributed by atoms with Gasteiger partial charge in [0.25, 0.3) is 10.0 Å². The van der Waals surface area contributed by atoms with Gasteiger partial charge in [0.2, 0.25) is 0 Å². The maximum absolute atomic E-state index is 12.8. The quantitative estimate of drug-likeness (QED) is 0.795.